The van der Waals surface area contributed by atoms with Crippen LogP contribution in [0, 0.1) is 5.82 Å². The number of hydrogen-bond acceptors (Lipinski definition) is 3. The Hall–Kier alpha value is -1.22. The van der Waals surface area contributed by atoms with E-state index in [1.807, 2.05) is 13.0 Å². The van der Waals surface area contributed by atoms with Crippen LogP contribution < -0.4 is 10.6 Å². The molecule has 0 radical (unpaired) electrons. The van der Waals surface area contributed by atoms with Gasteiger partial charge in [-0.3, -0.25) is 0 Å². The summed E-state index contributed by atoms with van der Waals surface area (Å²) < 4.78 is 13.2. The van der Waals surface area contributed by atoms with Gasteiger partial charge in [0.2, 0.25) is 0 Å². The number of hydrogen-bond donors (Lipinski definition) is 2. The maximum atomic E-state index is 13.2. The maximum absolute atomic E-state index is 13.2. The first-order valence-corrected chi connectivity index (χ1v) is 8.98. The molecule has 7 heteroatoms. The Labute approximate surface area is 170 Å². The van der Waals surface area contributed by atoms with E-state index < -0.39 is 0 Å². The van der Waals surface area contributed by atoms with Crippen molar-refractivity contribution < 1.29 is 4.39 Å². The summed E-state index contributed by atoms with van der Waals surface area (Å²) in [6.07, 6.45) is 0. The average molecular weight is 476 g/mol. The van der Waals surface area contributed by atoms with Crippen molar-refractivity contribution in [1.82, 2.24) is 15.6 Å². The third-order valence-corrected chi connectivity index (χ3v) is 4.23. The third kappa shape index (κ3) is 7.27. The molecule has 1 aromatic carbocycles. The molecule has 0 aliphatic heterocycles. The van der Waals surface area contributed by atoms with E-state index >= 15 is 0 Å². The molecule has 1 aromatic heterocycles. The smallest absolute Gasteiger partial charge is 0.191 e. The van der Waals surface area contributed by atoms with Crippen LogP contribution in [-0.4, -0.2) is 17.5 Å². The number of guanidine groups is 1. The quantitative estimate of drug-likeness (QED) is 0.381. The number of halogens is 2. The molecule has 1 heterocycles. The van der Waals surface area contributed by atoms with E-state index in [4.69, 9.17) is 0 Å². The van der Waals surface area contributed by atoms with Crippen LogP contribution >= 0.6 is 35.3 Å². The van der Waals surface area contributed by atoms with Gasteiger partial charge in [-0.1, -0.05) is 32.9 Å². The van der Waals surface area contributed by atoms with Crippen molar-refractivity contribution in [3.8, 4) is 0 Å². The molecule has 0 atom stereocenters. The van der Waals surface area contributed by atoms with Gasteiger partial charge in [-0.05, 0) is 24.6 Å². The summed E-state index contributed by atoms with van der Waals surface area (Å²) in [5.41, 5.74) is 2.01. The lowest BCUT2D eigenvalue weighted by molar-refractivity contribution is 0.570. The Morgan fingerprint density at radius 2 is 2.04 bits per heavy atom. The summed E-state index contributed by atoms with van der Waals surface area (Å²) in [6.45, 7) is 10.3. The van der Waals surface area contributed by atoms with Crippen molar-refractivity contribution in [2.45, 2.75) is 46.2 Å². The zero-order chi connectivity index (χ0) is 17.6. The second-order valence-corrected chi connectivity index (χ2v) is 7.50. The highest BCUT2D eigenvalue weighted by molar-refractivity contribution is 14.0. The number of benzene rings is 1. The molecule has 0 saturated carbocycles. The van der Waals surface area contributed by atoms with Gasteiger partial charge >= 0.3 is 0 Å². The summed E-state index contributed by atoms with van der Waals surface area (Å²) in [5.74, 6) is 0.465. The summed E-state index contributed by atoms with van der Waals surface area (Å²) in [4.78, 5) is 9.17. The van der Waals surface area contributed by atoms with Gasteiger partial charge in [0.25, 0.3) is 0 Å². The number of rotatable bonds is 5. The summed E-state index contributed by atoms with van der Waals surface area (Å²) >= 11 is 1.65. The van der Waals surface area contributed by atoms with E-state index in [-0.39, 0.29) is 35.2 Å². The average Bonchev–Trinajstić information content (AvgIpc) is 2.99. The molecule has 138 valence electrons. The minimum absolute atomic E-state index is 0. The number of aliphatic imine (C=N–C) groups is 1. The number of nitrogens with one attached hydrogen (secondary N) is 2. The largest absolute Gasteiger partial charge is 0.357 e. The van der Waals surface area contributed by atoms with Crippen LogP contribution in [0.4, 0.5) is 4.39 Å². The van der Waals surface area contributed by atoms with E-state index in [9.17, 15) is 4.39 Å². The van der Waals surface area contributed by atoms with Gasteiger partial charge in [-0.2, -0.15) is 0 Å². The lowest BCUT2D eigenvalue weighted by atomic mass is 9.93. The van der Waals surface area contributed by atoms with Gasteiger partial charge in [0.15, 0.2) is 5.96 Å². The minimum atomic E-state index is -0.238. The third-order valence-electron chi connectivity index (χ3n) is 3.38. The monoisotopic (exact) mass is 476 g/mol. The molecule has 0 unspecified atom stereocenters. The van der Waals surface area contributed by atoms with E-state index in [1.165, 1.54) is 12.1 Å². The van der Waals surface area contributed by atoms with Crippen LogP contribution in [0.1, 0.15) is 44.0 Å². The SMILES string of the molecule is CCNC(=NCc1cccc(F)c1)NCc1nc(C(C)(C)C)cs1.I. The Bertz CT molecular complexity index is 694. The number of nitrogens with zero attached hydrogens (tertiary/aromatic N) is 2. The highest BCUT2D eigenvalue weighted by Crippen LogP contribution is 2.23. The van der Waals surface area contributed by atoms with Gasteiger partial charge in [0.1, 0.15) is 10.8 Å². The van der Waals surface area contributed by atoms with Crippen molar-refractivity contribution in [3.05, 3.63) is 51.7 Å². The number of aromatic nitrogens is 1. The van der Waals surface area contributed by atoms with Crippen molar-refractivity contribution in [3.63, 3.8) is 0 Å². The number of thiazole rings is 1. The lowest BCUT2D eigenvalue weighted by Gasteiger charge is -2.14. The molecule has 0 saturated heterocycles. The first-order valence-electron chi connectivity index (χ1n) is 8.10. The molecule has 0 bridgehead atoms. The topological polar surface area (TPSA) is 49.3 Å². The molecule has 2 N–H and O–H groups in total. The zero-order valence-corrected chi connectivity index (χ0v) is 18.2. The van der Waals surface area contributed by atoms with Gasteiger partial charge < -0.3 is 10.6 Å². The zero-order valence-electron chi connectivity index (χ0n) is 15.1. The Kier molecular flexibility index (Phi) is 8.78. The fourth-order valence-corrected chi connectivity index (χ4v) is 3.00. The Balaban J connectivity index is 0.00000312. The van der Waals surface area contributed by atoms with Crippen LogP contribution in [-0.2, 0) is 18.5 Å². The van der Waals surface area contributed by atoms with Gasteiger partial charge in [0.05, 0.1) is 18.8 Å². The minimum Gasteiger partial charge on any atom is -0.357 e. The molecule has 0 spiro atoms. The summed E-state index contributed by atoms with van der Waals surface area (Å²) in [5, 5.41) is 9.61. The van der Waals surface area contributed by atoms with Gasteiger partial charge in [0, 0.05) is 17.3 Å². The van der Waals surface area contributed by atoms with Gasteiger partial charge in [-0.25, -0.2) is 14.4 Å². The van der Waals surface area contributed by atoms with Crippen LogP contribution in [0.2, 0.25) is 0 Å². The highest BCUT2D eigenvalue weighted by atomic mass is 127. The van der Waals surface area contributed by atoms with Crippen LogP contribution in [0.3, 0.4) is 0 Å². The van der Waals surface area contributed by atoms with E-state index in [0.717, 1.165) is 22.8 Å². The Morgan fingerprint density at radius 3 is 2.64 bits per heavy atom. The molecule has 0 fully saturated rings. The maximum Gasteiger partial charge on any atom is 0.191 e. The normalized spacial score (nSPS) is 11.8. The molecular weight excluding hydrogens is 450 g/mol. The van der Waals surface area contributed by atoms with Crippen LogP contribution in [0.5, 0.6) is 0 Å². The summed E-state index contributed by atoms with van der Waals surface area (Å²) in [7, 11) is 0. The molecule has 0 aliphatic carbocycles. The predicted octanol–water partition coefficient (Wildman–Crippen LogP) is 4.45. The molecule has 2 rings (SSSR count). The van der Waals surface area contributed by atoms with Crippen molar-refractivity contribution in [1.29, 1.82) is 0 Å². The lowest BCUT2D eigenvalue weighted by Crippen LogP contribution is -2.36. The molecular formula is C18H26FIN4S. The van der Waals surface area contributed by atoms with Crippen molar-refractivity contribution in [2.24, 2.45) is 4.99 Å². The first-order chi connectivity index (χ1) is 11.4. The van der Waals surface area contributed by atoms with Crippen molar-refractivity contribution >= 4 is 41.3 Å². The molecule has 4 nitrogen and oxygen atoms in total. The highest BCUT2D eigenvalue weighted by Gasteiger charge is 2.17. The molecule has 25 heavy (non-hydrogen) atoms. The van der Waals surface area contributed by atoms with Gasteiger partial charge in [-0.15, -0.1) is 35.3 Å². The van der Waals surface area contributed by atoms with E-state index in [1.54, 1.807) is 17.4 Å². The second kappa shape index (κ2) is 10.1. The van der Waals surface area contributed by atoms with E-state index in [2.05, 4.69) is 46.8 Å². The molecule has 2 aromatic rings. The van der Waals surface area contributed by atoms with E-state index in [0.29, 0.717) is 19.0 Å². The van der Waals surface area contributed by atoms with Crippen LogP contribution in [0.25, 0.3) is 0 Å². The Morgan fingerprint density at radius 1 is 1.28 bits per heavy atom. The molecule has 0 aliphatic rings. The predicted molar refractivity (Wildman–Crippen MR) is 114 cm³/mol. The fraction of sp³-hybridized carbons (Fsp3) is 0.444. The summed E-state index contributed by atoms with van der Waals surface area (Å²) in [6, 6.07) is 6.51. The van der Waals surface area contributed by atoms with Crippen molar-refractivity contribution in [2.75, 3.05) is 6.54 Å². The standard InChI is InChI=1S/C18H25FN4S.HI/c1-5-20-17(21-10-13-7-6-8-14(19)9-13)22-11-16-23-15(12-24-16)18(2,3)4;/h6-9,12H,5,10-11H2,1-4H3,(H2,20,21,22);1H. The first kappa shape index (κ1) is 21.8. The fourth-order valence-electron chi connectivity index (χ4n) is 2.04. The molecule has 0 amide bonds. The van der Waals surface area contributed by atoms with Crippen LogP contribution in [0.15, 0.2) is 34.6 Å². The second-order valence-electron chi connectivity index (χ2n) is 6.56.